The first-order valence-electron chi connectivity index (χ1n) is 9.39. The summed E-state index contributed by atoms with van der Waals surface area (Å²) in [5.41, 5.74) is 4.29. The van der Waals surface area contributed by atoms with Gasteiger partial charge in [-0.2, -0.15) is 0 Å². The molecule has 3 heterocycles. The highest BCUT2D eigenvalue weighted by Crippen LogP contribution is 2.46. The number of aromatic nitrogens is 1. The molecule has 0 fully saturated rings. The van der Waals surface area contributed by atoms with Crippen LogP contribution >= 0.6 is 0 Å². The monoisotopic (exact) mass is 383 g/mol. The summed E-state index contributed by atoms with van der Waals surface area (Å²) in [7, 11) is 0. The van der Waals surface area contributed by atoms with Crippen LogP contribution in [0.15, 0.2) is 76.2 Å². The van der Waals surface area contributed by atoms with E-state index in [1.54, 1.807) is 12.4 Å². The van der Waals surface area contributed by atoms with Crippen LogP contribution in [0, 0.1) is 6.92 Å². The van der Waals surface area contributed by atoms with Crippen molar-refractivity contribution in [1.29, 1.82) is 0 Å². The third-order valence-corrected chi connectivity index (χ3v) is 5.34. The van der Waals surface area contributed by atoms with E-state index in [2.05, 4.69) is 4.98 Å². The third kappa shape index (κ3) is 2.91. The van der Waals surface area contributed by atoms with Crippen molar-refractivity contribution < 1.29 is 13.9 Å². The quantitative estimate of drug-likeness (QED) is 0.287. The topological polar surface area (TPSA) is 69.4 Å². The molecule has 5 heteroatoms. The molecule has 0 aliphatic carbocycles. The summed E-state index contributed by atoms with van der Waals surface area (Å²) in [6.45, 7) is 1.94. The van der Waals surface area contributed by atoms with Crippen molar-refractivity contribution in [3.8, 4) is 16.9 Å². The fourth-order valence-electron chi connectivity index (χ4n) is 4.11. The highest BCUT2D eigenvalue weighted by atomic mass is 16.5. The Kier molecular flexibility index (Phi) is 4.02. The number of hydrogen-bond donors (Lipinski definition) is 0. The molecule has 2 aromatic carbocycles. The van der Waals surface area contributed by atoms with Gasteiger partial charge in [0.15, 0.2) is 0 Å². The number of benzene rings is 2. The summed E-state index contributed by atoms with van der Waals surface area (Å²) in [4.78, 5) is 29.0. The number of esters is 1. The summed E-state index contributed by atoms with van der Waals surface area (Å²) in [5, 5.41) is 0.637. The molecule has 4 aromatic rings. The van der Waals surface area contributed by atoms with Crippen molar-refractivity contribution in [1.82, 2.24) is 4.98 Å². The Morgan fingerprint density at radius 3 is 2.62 bits per heavy atom. The first-order valence-corrected chi connectivity index (χ1v) is 9.39. The van der Waals surface area contributed by atoms with Crippen molar-refractivity contribution in [3.63, 3.8) is 0 Å². The summed E-state index contributed by atoms with van der Waals surface area (Å²) in [5.74, 6) is -0.0175. The molecule has 0 N–H and O–H groups in total. The molecule has 0 saturated heterocycles. The van der Waals surface area contributed by atoms with E-state index in [9.17, 15) is 9.59 Å². The van der Waals surface area contributed by atoms with Crippen LogP contribution in [-0.2, 0) is 4.79 Å². The largest absolute Gasteiger partial charge is 0.425 e. The standard InChI is InChI=1S/C24H17NO4/c1-14-10-19-23(17(11-20(26)28-19)15-6-3-2-4-7-15)24-22(14)18(12-21(27)29-24)16-8-5-9-25-13-16/h2-11,13,18H,12H2,1H3/t18-/m1/s1. The van der Waals surface area contributed by atoms with Crippen LogP contribution in [0.1, 0.15) is 29.0 Å². The van der Waals surface area contributed by atoms with Gasteiger partial charge in [0.05, 0.1) is 11.8 Å². The van der Waals surface area contributed by atoms with Gasteiger partial charge in [0.1, 0.15) is 11.3 Å². The Bertz CT molecular complexity index is 1290. The number of hydrogen-bond acceptors (Lipinski definition) is 5. The van der Waals surface area contributed by atoms with E-state index in [4.69, 9.17) is 9.15 Å². The van der Waals surface area contributed by atoms with Crippen LogP contribution in [0.5, 0.6) is 5.75 Å². The second-order valence-corrected chi connectivity index (χ2v) is 7.17. The lowest BCUT2D eigenvalue weighted by molar-refractivity contribution is -0.135. The zero-order valence-electron chi connectivity index (χ0n) is 15.7. The fourth-order valence-corrected chi connectivity index (χ4v) is 4.11. The van der Waals surface area contributed by atoms with E-state index in [-0.39, 0.29) is 18.3 Å². The minimum absolute atomic E-state index is 0.167. The van der Waals surface area contributed by atoms with Crippen molar-refractivity contribution in [2.45, 2.75) is 19.3 Å². The van der Waals surface area contributed by atoms with Crippen molar-refractivity contribution >= 4 is 16.9 Å². The predicted octanol–water partition coefficient (Wildman–Crippen LogP) is 4.60. The van der Waals surface area contributed by atoms with Crippen molar-refractivity contribution in [2.24, 2.45) is 0 Å². The molecule has 142 valence electrons. The highest BCUT2D eigenvalue weighted by molar-refractivity contribution is 6.01. The van der Waals surface area contributed by atoms with Crippen molar-refractivity contribution in [3.05, 3.63) is 94.1 Å². The van der Waals surface area contributed by atoms with E-state index in [0.29, 0.717) is 22.3 Å². The molecule has 1 atom stereocenters. The SMILES string of the molecule is Cc1cc2oc(=O)cc(-c3ccccc3)c2c2c1[C@@H](c1cccnc1)CC(=O)O2. The van der Waals surface area contributed by atoms with Gasteiger partial charge < -0.3 is 9.15 Å². The van der Waals surface area contributed by atoms with Crippen LogP contribution in [0.4, 0.5) is 0 Å². The summed E-state index contributed by atoms with van der Waals surface area (Å²) < 4.78 is 11.2. The zero-order chi connectivity index (χ0) is 20.0. The molecule has 5 nitrogen and oxygen atoms in total. The number of fused-ring (bicyclic) bond motifs is 3. The van der Waals surface area contributed by atoms with Gasteiger partial charge in [-0.15, -0.1) is 0 Å². The van der Waals surface area contributed by atoms with E-state index in [1.807, 2.05) is 55.5 Å². The fraction of sp³-hybridized carbons (Fsp3) is 0.125. The third-order valence-electron chi connectivity index (χ3n) is 5.34. The van der Waals surface area contributed by atoms with Crippen LogP contribution in [0.25, 0.3) is 22.1 Å². The number of rotatable bonds is 2. The molecule has 2 aromatic heterocycles. The Labute approximate surface area is 166 Å². The van der Waals surface area contributed by atoms with E-state index in [0.717, 1.165) is 22.3 Å². The molecule has 29 heavy (non-hydrogen) atoms. The van der Waals surface area contributed by atoms with E-state index in [1.165, 1.54) is 6.07 Å². The first kappa shape index (κ1) is 17.4. The molecule has 1 aliphatic rings. The van der Waals surface area contributed by atoms with E-state index >= 15 is 0 Å². The lowest BCUT2D eigenvalue weighted by atomic mass is 9.83. The van der Waals surface area contributed by atoms with E-state index < -0.39 is 5.63 Å². The minimum atomic E-state index is -0.443. The normalized spacial score (nSPS) is 15.8. The molecular weight excluding hydrogens is 366 g/mol. The van der Waals surface area contributed by atoms with Crippen LogP contribution < -0.4 is 10.4 Å². The highest BCUT2D eigenvalue weighted by Gasteiger charge is 2.33. The Morgan fingerprint density at radius 1 is 1.03 bits per heavy atom. The lowest BCUT2D eigenvalue weighted by Gasteiger charge is -2.28. The smallest absolute Gasteiger partial charge is 0.336 e. The molecular formula is C24H17NO4. The second-order valence-electron chi connectivity index (χ2n) is 7.17. The average Bonchev–Trinajstić information content (AvgIpc) is 2.73. The zero-order valence-corrected chi connectivity index (χ0v) is 15.7. The lowest BCUT2D eigenvalue weighted by Crippen LogP contribution is -2.22. The molecule has 5 rings (SSSR count). The van der Waals surface area contributed by atoms with Gasteiger partial charge in [0, 0.05) is 35.5 Å². The molecule has 1 aliphatic heterocycles. The minimum Gasteiger partial charge on any atom is -0.425 e. The predicted molar refractivity (Wildman–Crippen MR) is 109 cm³/mol. The number of ether oxygens (including phenoxy) is 1. The summed E-state index contributed by atoms with van der Waals surface area (Å²) in [6.07, 6.45) is 3.73. The average molecular weight is 383 g/mol. The molecule has 0 amide bonds. The number of aryl methyl sites for hydroxylation is 1. The first-order chi connectivity index (χ1) is 14.1. The van der Waals surface area contributed by atoms with Gasteiger partial charge in [-0.1, -0.05) is 36.4 Å². The van der Waals surface area contributed by atoms with Gasteiger partial charge in [0.2, 0.25) is 0 Å². The Balaban J connectivity index is 1.87. The Morgan fingerprint density at radius 2 is 1.86 bits per heavy atom. The number of carbonyl (C=O) groups is 1. The maximum Gasteiger partial charge on any atom is 0.336 e. The van der Waals surface area contributed by atoms with Gasteiger partial charge in [-0.3, -0.25) is 9.78 Å². The molecule has 0 bridgehead atoms. The second kappa shape index (κ2) is 6.71. The van der Waals surface area contributed by atoms with Crippen LogP contribution in [0.3, 0.4) is 0 Å². The molecule has 0 radical (unpaired) electrons. The van der Waals surface area contributed by atoms with Crippen LogP contribution in [-0.4, -0.2) is 11.0 Å². The molecule has 0 unspecified atom stereocenters. The number of carbonyl (C=O) groups excluding carboxylic acids is 1. The molecule has 0 spiro atoms. The van der Waals surface area contributed by atoms with Gasteiger partial charge in [-0.25, -0.2) is 4.79 Å². The number of nitrogens with zero attached hydrogens (tertiary/aromatic N) is 1. The molecule has 0 saturated carbocycles. The van der Waals surface area contributed by atoms with Gasteiger partial charge >= 0.3 is 11.6 Å². The maximum absolute atomic E-state index is 12.5. The summed E-state index contributed by atoms with van der Waals surface area (Å²) >= 11 is 0. The van der Waals surface area contributed by atoms with Crippen molar-refractivity contribution in [2.75, 3.05) is 0 Å². The van der Waals surface area contributed by atoms with Crippen LogP contribution in [0.2, 0.25) is 0 Å². The van der Waals surface area contributed by atoms with Gasteiger partial charge in [0.25, 0.3) is 0 Å². The number of pyridine rings is 1. The Hall–Kier alpha value is -3.73. The van der Waals surface area contributed by atoms with Gasteiger partial charge in [-0.05, 0) is 35.7 Å². The maximum atomic E-state index is 12.5. The summed E-state index contributed by atoms with van der Waals surface area (Å²) in [6, 6.07) is 16.7.